The fourth-order valence-corrected chi connectivity index (χ4v) is 3.62. The number of aryl methyl sites for hydroxylation is 1. The monoisotopic (exact) mass is 349 g/mol. The first-order valence-corrected chi connectivity index (χ1v) is 9.38. The van der Waals surface area contributed by atoms with Crippen molar-refractivity contribution < 1.29 is 9.53 Å². The molecule has 1 atom stereocenters. The van der Waals surface area contributed by atoms with Crippen LogP contribution in [-0.4, -0.2) is 95.4 Å². The molecule has 3 heterocycles. The van der Waals surface area contributed by atoms with Crippen molar-refractivity contribution >= 4 is 5.91 Å². The smallest absolute Gasteiger partial charge is 0.228 e. The summed E-state index contributed by atoms with van der Waals surface area (Å²) in [5.41, 5.74) is 1.82. The molecule has 1 amide bonds. The molecule has 0 aromatic carbocycles. The number of ether oxygens (including phenoxy) is 1. The molecule has 7 nitrogen and oxygen atoms in total. The topological polar surface area (TPSA) is 64.7 Å². The minimum absolute atomic E-state index is 0.172. The maximum atomic E-state index is 12.4. The summed E-state index contributed by atoms with van der Waals surface area (Å²) in [6, 6.07) is 2.52. The number of carbonyl (C=O) groups is 1. The normalized spacial score (nSPS) is 23.4. The lowest BCUT2D eigenvalue weighted by Crippen LogP contribution is -2.54. The lowest BCUT2D eigenvalue weighted by atomic mass is 10.2. The third kappa shape index (κ3) is 5.03. The average Bonchev–Trinajstić information content (AvgIpc) is 3.00. The summed E-state index contributed by atoms with van der Waals surface area (Å²) in [5.74, 6) is 0.172. The van der Waals surface area contributed by atoms with Crippen LogP contribution in [0.5, 0.6) is 0 Å². The zero-order valence-corrected chi connectivity index (χ0v) is 15.7. The quantitative estimate of drug-likeness (QED) is 0.839. The molecular weight excluding hydrogens is 318 g/mol. The van der Waals surface area contributed by atoms with Crippen molar-refractivity contribution in [3.8, 4) is 0 Å². The van der Waals surface area contributed by atoms with Crippen LogP contribution in [0, 0.1) is 6.92 Å². The van der Waals surface area contributed by atoms with E-state index in [0.717, 1.165) is 63.8 Å². The van der Waals surface area contributed by atoms with Gasteiger partial charge >= 0.3 is 0 Å². The number of amides is 1. The maximum Gasteiger partial charge on any atom is 0.228 e. The van der Waals surface area contributed by atoms with Crippen LogP contribution in [0.15, 0.2) is 6.07 Å². The first-order valence-electron chi connectivity index (χ1n) is 9.38. The Kier molecular flexibility index (Phi) is 6.09. The van der Waals surface area contributed by atoms with Crippen LogP contribution in [0.2, 0.25) is 0 Å². The largest absolute Gasteiger partial charge is 0.374 e. The van der Waals surface area contributed by atoms with Crippen LogP contribution in [0.25, 0.3) is 0 Å². The summed E-state index contributed by atoms with van der Waals surface area (Å²) in [5, 5.41) is 7.05. The van der Waals surface area contributed by atoms with Crippen molar-refractivity contribution in [2.24, 2.45) is 0 Å². The van der Waals surface area contributed by atoms with Gasteiger partial charge in [-0.15, -0.1) is 0 Å². The summed E-state index contributed by atoms with van der Waals surface area (Å²) in [4.78, 5) is 19.3. The van der Waals surface area contributed by atoms with Crippen LogP contribution in [0.3, 0.4) is 0 Å². The highest BCUT2D eigenvalue weighted by Gasteiger charge is 2.27. The van der Waals surface area contributed by atoms with Gasteiger partial charge in [-0.25, -0.2) is 0 Å². The van der Waals surface area contributed by atoms with Gasteiger partial charge in [0.2, 0.25) is 5.91 Å². The lowest BCUT2D eigenvalue weighted by Gasteiger charge is -2.40. The Hall–Kier alpha value is -1.44. The SMILES string of the molecule is Cc1cc(CC(=O)N2CCN(C[C@H]3CN(C(C)C)CCO3)CC2)n[nH]1. The van der Waals surface area contributed by atoms with E-state index in [-0.39, 0.29) is 12.0 Å². The summed E-state index contributed by atoms with van der Waals surface area (Å²) in [6.45, 7) is 13.7. The Balaban J connectivity index is 1.41. The molecule has 2 fully saturated rings. The minimum atomic E-state index is 0.172. The van der Waals surface area contributed by atoms with E-state index in [4.69, 9.17) is 4.74 Å². The molecule has 25 heavy (non-hydrogen) atoms. The number of nitrogens with one attached hydrogen (secondary N) is 1. The predicted octanol–water partition coefficient (Wildman–Crippen LogP) is 0.514. The van der Waals surface area contributed by atoms with Gasteiger partial charge in [0, 0.05) is 57.5 Å². The standard InChI is InChI=1S/C18H31N5O2/c1-14(2)23-8-9-25-17(13-23)12-21-4-6-22(7-5-21)18(24)11-16-10-15(3)19-20-16/h10,14,17H,4-9,11-13H2,1-3H3,(H,19,20)/t17-/m0/s1. The Labute approximate surface area is 150 Å². The number of hydrogen-bond acceptors (Lipinski definition) is 5. The molecule has 7 heteroatoms. The fraction of sp³-hybridized carbons (Fsp3) is 0.778. The number of aromatic amines is 1. The number of hydrogen-bond donors (Lipinski definition) is 1. The van der Waals surface area contributed by atoms with E-state index in [9.17, 15) is 4.79 Å². The van der Waals surface area contributed by atoms with E-state index in [0.29, 0.717) is 12.5 Å². The first kappa shape index (κ1) is 18.4. The number of rotatable bonds is 5. The molecule has 2 saturated heterocycles. The second kappa shape index (κ2) is 8.29. The van der Waals surface area contributed by atoms with Crippen LogP contribution in [0.1, 0.15) is 25.2 Å². The van der Waals surface area contributed by atoms with Crippen LogP contribution >= 0.6 is 0 Å². The number of H-pyrrole nitrogens is 1. The van der Waals surface area contributed by atoms with Crippen LogP contribution in [0.4, 0.5) is 0 Å². The summed E-state index contributed by atoms with van der Waals surface area (Å²) in [7, 11) is 0. The summed E-state index contributed by atoms with van der Waals surface area (Å²) >= 11 is 0. The van der Waals surface area contributed by atoms with Gasteiger partial charge in [-0.1, -0.05) is 0 Å². The molecule has 1 N–H and O–H groups in total. The van der Waals surface area contributed by atoms with Crippen LogP contribution < -0.4 is 0 Å². The number of nitrogens with zero attached hydrogens (tertiary/aromatic N) is 4. The molecule has 0 aliphatic carbocycles. The molecule has 140 valence electrons. The van der Waals surface area contributed by atoms with E-state index in [1.807, 2.05) is 17.9 Å². The van der Waals surface area contributed by atoms with Gasteiger partial charge in [0.1, 0.15) is 0 Å². The van der Waals surface area contributed by atoms with Gasteiger partial charge in [0.15, 0.2) is 0 Å². The highest BCUT2D eigenvalue weighted by molar-refractivity contribution is 5.78. The molecule has 0 spiro atoms. The Morgan fingerprint density at radius 2 is 2.08 bits per heavy atom. The lowest BCUT2D eigenvalue weighted by molar-refractivity contribution is -0.132. The van der Waals surface area contributed by atoms with Crippen molar-refractivity contribution in [2.75, 3.05) is 52.4 Å². The number of piperazine rings is 1. The number of carbonyl (C=O) groups excluding carboxylic acids is 1. The van der Waals surface area contributed by atoms with Gasteiger partial charge in [-0.05, 0) is 26.8 Å². The van der Waals surface area contributed by atoms with Gasteiger partial charge in [-0.3, -0.25) is 19.7 Å². The number of aromatic nitrogens is 2. The van der Waals surface area contributed by atoms with E-state index >= 15 is 0 Å². The van der Waals surface area contributed by atoms with E-state index in [1.54, 1.807) is 0 Å². The van der Waals surface area contributed by atoms with Crippen molar-refractivity contribution in [1.29, 1.82) is 0 Å². The highest BCUT2D eigenvalue weighted by atomic mass is 16.5. The van der Waals surface area contributed by atoms with Gasteiger partial charge < -0.3 is 9.64 Å². The molecular formula is C18H31N5O2. The molecule has 0 unspecified atom stereocenters. The molecule has 1 aromatic rings. The van der Waals surface area contributed by atoms with Crippen LogP contribution in [-0.2, 0) is 16.0 Å². The predicted molar refractivity (Wildman–Crippen MR) is 96.5 cm³/mol. The Morgan fingerprint density at radius 1 is 1.32 bits per heavy atom. The van der Waals surface area contributed by atoms with Crippen molar-refractivity contribution in [3.05, 3.63) is 17.5 Å². The van der Waals surface area contributed by atoms with Gasteiger partial charge in [-0.2, -0.15) is 5.10 Å². The second-order valence-electron chi connectivity index (χ2n) is 7.48. The average molecular weight is 349 g/mol. The zero-order valence-electron chi connectivity index (χ0n) is 15.7. The fourth-order valence-electron chi connectivity index (χ4n) is 3.62. The minimum Gasteiger partial charge on any atom is -0.374 e. The molecule has 2 aliphatic rings. The molecule has 0 saturated carbocycles. The maximum absolute atomic E-state index is 12.4. The van der Waals surface area contributed by atoms with Crippen molar-refractivity contribution in [2.45, 2.75) is 39.3 Å². The second-order valence-corrected chi connectivity index (χ2v) is 7.48. The molecule has 2 aliphatic heterocycles. The molecule has 0 radical (unpaired) electrons. The zero-order chi connectivity index (χ0) is 17.8. The highest BCUT2D eigenvalue weighted by Crippen LogP contribution is 2.12. The third-order valence-corrected chi connectivity index (χ3v) is 5.18. The number of morpholine rings is 1. The Bertz CT molecular complexity index is 566. The first-order chi connectivity index (χ1) is 12.0. The Morgan fingerprint density at radius 3 is 2.72 bits per heavy atom. The van der Waals surface area contributed by atoms with E-state index in [2.05, 4.69) is 33.8 Å². The van der Waals surface area contributed by atoms with E-state index < -0.39 is 0 Å². The third-order valence-electron chi connectivity index (χ3n) is 5.18. The van der Waals surface area contributed by atoms with E-state index in [1.165, 1.54) is 0 Å². The van der Waals surface area contributed by atoms with Crippen molar-refractivity contribution in [1.82, 2.24) is 24.9 Å². The summed E-state index contributed by atoms with van der Waals surface area (Å²) < 4.78 is 5.94. The molecule has 3 rings (SSSR count). The molecule has 1 aromatic heterocycles. The van der Waals surface area contributed by atoms with Gasteiger partial charge in [0.05, 0.1) is 24.8 Å². The summed E-state index contributed by atoms with van der Waals surface area (Å²) in [6.07, 6.45) is 0.671. The van der Waals surface area contributed by atoms with Crippen molar-refractivity contribution in [3.63, 3.8) is 0 Å². The molecule has 0 bridgehead atoms. The van der Waals surface area contributed by atoms with Gasteiger partial charge in [0.25, 0.3) is 0 Å².